The Kier molecular flexibility index (Phi) is 4.27. The van der Waals surface area contributed by atoms with Crippen molar-refractivity contribution < 1.29 is 9.26 Å². The molecule has 0 atom stereocenters. The number of hydrogen-bond acceptors (Lipinski definition) is 4. The Hall–Kier alpha value is -2.46. The topological polar surface area (TPSA) is 84.0 Å². The van der Waals surface area contributed by atoms with Crippen molar-refractivity contribution in [3.8, 4) is 17.0 Å². The summed E-state index contributed by atoms with van der Waals surface area (Å²) in [7, 11) is 0. The van der Waals surface area contributed by atoms with Crippen molar-refractivity contribution in [2.24, 2.45) is 5.11 Å². The second-order valence-electron chi connectivity index (χ2n) is 4.43. The SMILES string of the molecule is CCOc1cc(C)c(-c2cc(CN=[N+]=[N-])on2)cc1C. The average Bonchev–Trinajstić information content (AvgIpc) is 2.89. The standard InChI is InChI=1S/C14H16N4O2/c1-4-19-14-6-9(2)12(5-10(14)3)13-7-11(20-17-13)8-16-18-15/h5-7H,4,8H2,1-3H3. The van der Waals surface area contributed by atoms with Crippen LogP contribution in [0.3, 0.4) is 0 Å². The lowest BCUT2D eigenvalue weighted by atomic mass is 10.0. The molecule has 0 bridgehead atoms. The molecule has 0 saturated carbocycles. The third-order valence-corrected chi connectivity index (χ3v) is 2.95. The van der Waals surface area contributed by atoms with Crippen LogP contribution in [0, 0.1) is 13.8 Å². The highest BCUT2D eigenvalue weighted by molar-refractivity contribution is 5.66. The minimum absolute atomic E-state index is 0.165. The zero-order valence-corrected chi connectivity index (χ0v) is 11.8. The van der Waals surface area contributed by atoms with E-state index in [0.717, 1.165) is 28.1 Å². The summed E-state index contributed by atoms with van der Waals surface area (Å²) in [6.07, 6.45) is 0. The van der Waals surface area contributed by atoms with Crippen molar-refractivity contribution in [1.29, 1.82) is 0 Å². The highest BCUT2D eigenvalue weighted by Crippen LogP contribution is 2.30. The Labute approximate surface area is 117 Å². The van der Waals surface area contributed by atoms with Gasteiger partial charge in [-0.2, -0.15) is 0 Å². The third-order valence-electron chi connectivity index (χ3n) is 2.95. The third kappa shape index (κ3) is 2.92. The molecule has 0 spiro atoms. The zero-order chi connectivity index (χ0) is 14.5. The number of nitrogens with zero attached hydrogens (tertiary/aromatic N) is 4. The van der Waals surface area contributed by atoms with Crippen LogP contribution < -0.4 is 4.74 Å². The van der Waals surface area contributed by atoms with E-state index in [4.69, 9.17) is 14.8 Å². The lowest BCUT2D eigenvalue weighted by Gasteiger charge is -2.10. The molecule has 0 aliphatic heterocycles. The van der Waals surface area contributed by atoms with E-state index < -0.39 is 0 Å². The van der Waals surface area contributed by atoms with Gasteiger partial charge >= 0.3 is 0 Å². The van der Waals surface area contributed by atoms with Gasteiger partial charge in [0.05, 0.1) is 13.2 Å². The maximum atomic E-state index is 8.30. The molecule has 0 unspecified atom stereocenters. The maximum Gasteiger partial charge on any atom is 0.143 e. The van der Waals surface area contributed by atoms with E-state index in [2.05, 4.69) is 15.2 Å². The number of aryl methyl sites for hydroxylation is 2. The summed E-state index contributed by atoms with van der Waals surface area (Å²) in [4.78, 5) is 2.70. The van der Waals surface area contributed by atoms with Crippen molar-refractivity contribution in [3.63, 3.8) is 0 Å². The van der Waals surface area contributed by atoms with E-state index in [0.29, 0.717) is 12.4 Å². The first-order valence-corrected chi connectivity index (χ1v) is 6.36. The number of hydrogen-bond donors (Lipinski definition) is 0. The fourth-order valence-corrected chi connectivity index (χ4v) is 1.99. The van der Waals surface area contributed by atoms with Crippen molar-refractivity contribution in [2.75, 3.05) is 6.61 Å². The van der Waals surface area contributed by atoms with Gasteiger partial charge in [-0.1, -0.05) is 10.3 Å². The van der Waals surface area contributed by atoms with Gasteiger partial charge in [-0.05, 0) is 49.6 Å². The fourth-order valence-electron chi connectivity index (χ4n) is 1.99. The molecule has 20 heavy (non-hydrogen) atoms. The lowest BCUT2D eigenvalue weighted by molar-refractivity contribution is 0.337. The first kappa shape index (κ1) is 14.0. The highest BCUT2D eigenvalue weighted by Gasteiger charge is 2.11. The second kappa shape index (κ2) is 6.12. The van der Waals surface area contributed by atoms with E-state index in [1.807, 2.05) is 32.9 Å². The van der Waals surface area contributed by atoms with Gasteiger partial charge in [0.2, 0.25) is 0 Å². The van der Waals surface area contributed by atoms with Crippen LogP contribution in [-0.2, 0) is 6.54 Å². The number of aromatic nitrogens is 1. The predicted molar refractivity (Wildman–Crippen MR) is 75.4 cm³/mol. The molecule has 0 fully saturated rings. The molecule has 0 aliphatic rings. The van der Waals surface area contributed by atoms with Crippen molar-refractivity contribution >= 4 is 0 Å². The molecule has 0 aliphatic carbocycles. The van der Waals surface area contributed by atoms with Gasteiger partial charge in [-0.3, -0.25) is 0 Å². The van der Waals surface area contributed by atoms with Crippen LogP contribution in [0.25, 0.3) is 21.7 Å². The van der Waals surface area contributed by atoms with E-state index in [-0.39, 0.29) is 6.54 Å². The van der Waals surface area contributed by atoms with Gasteiger partial charge in [0.1, 0.15) is 17.2 Å². The molecular weight excluding hydrogens is 256 g/mol. The minimum atomic E-state index is 0.165. The summed E-state index contributed by atoms with van der Waals surface area (Å²) in [5, 5.41) is 7.47. The van der Waals surface area contributed by atoms with Gasteiger partial charge in [0.15, 0.2) is 0 Å². The van der Waals surface area contributed by atoms with Gasteiger partial charge in [0, 0.05) is 16.5 Å². The summed E-state index contributed by atoms with van der Waals surface area (Å²) in [6.45, 7) is 6.76. The molecule has 0 radical (unpaired) electrons. The molecule has 1 heterocycles. The molecule has 6 heteroatoms. The summed E-state index contributed by atoms with van der Waals surface area (Å²) >= 11 is 0. The van der Waals surface area contributed by atoms with Crippen molar-refractivity contribution in [2.45, 2.75) is 27.3 Å². The van der Waals surface area contributed by atoms with E-state index in [9.17, 15) is 0 Å². The van der Waals surface area contributed by atoms with Gasteiger partial charge < -0.3 is 9.26 Å². The van der Waals surface area contributed by atoms with Crippen LogP contribution in [0.15, 0.2) is 27.8 Å². The van der Waals surface area contributed by atoms with Crippen LogP contribution in [-0.4, -0.2) is 11.8 Å². The smallest absolute Gasteiger partial charge is 0.143 e. The molecule has 2 rings (SSSR count). The van der Waals surface area contributed by atoms with Crippen LogP contribution in [0.4, 0.5) is 0 Å². The predicted octanol–water partition coefficient (Wildman–Crippen LogP) is 4.17. The average molecular weight is 272 g/mol. The second-order valence-corrected chi connectivity index (χ2v) is 4.43. The minimum Gasteiger partial charge on any atom is -0.494 e. The first-order chi connectivity index (χ1) is 9.65. The van der Waals surface area contributed by atoms with Crippen LogP contribution >= 0.6 is 0 Å². The van der Waals surface area contributed by atoms with E-state index in [1.54, 1.807) is 6.07 Å². The quantitative estimate of drug-likeness (QED) is 0.465. The molecule has 0 amide bonds. The summed E-state index contributed by atoms with van der Waals surface area (Å²) in [6, 6.07) is 5.81. The fraction of sp³-hybridized carbons (Fsp3) is 0.357. The monoisotopic (exact) mass is 272 g/mol. The molecular formula is C14H16N4O2. The lowest BCUT2D eigenvalue weighted by Crippen LogP contribution is -1.96. The summed E-state index contributed by atoms with van der Waals surface area (Å²) in [5.41, 5.74) is 12.1. The zero-order valence-electron chi connectivity index (χ0n) is 11.8. The Balaban J connectivity index is 2.35. The van der Waals surface area contributed by atoms with Gasteiger partial charge in [0.25, 0.3) is 0 Å². The van der Waals surface area contributed by atoms with Crippen LogP contribution in [0.2, 0.25) is 0 Å². The Morgan fingerprint density at radius 1 is 1.30 bits per heavy atom. The van der Waals surface area contributed by atoms with Crippen LogP contribution in [0.5, 0.6) is 5.75 Å². The van der Waals surface area contributed by atoms with Gasteiger partial charge in [-0.15, -0.1) is 0 Å². The maximum absolute atomic E-state index is 8.30. The molecule has 104 valence electrons. The number of ether oxygens (including phenoxy) is 1. The Morgan fingerprint density at radius 3 is 2.80 bits per heavy atom. The molecule has 0 N–H and O–H groups in total. The van der Waals surface area contributed by atoms with E-state index in [1.165, 1.54) is 0 Å². The normalized spacial score (nSPS) is 10.2. The van der Waals surface area contributed by atoms with Crippen molar-refractivity contribution in [3.05, 3.63) is 45.5 Å². The first-order valence-electron chi connectivity index (χ1n) is 6.36. The number of rotatable bonds is 5. The van der Waals surface area contributed by atoms with Gasteiger partial charge in [-0.25, -0.2) is 0 Å². The molecule has 0 saturated heterocycles. The number of azide groups is 1. The van der Waals surface area contributed by atoms with Crippen LogP contribution in [0.1, 0.15) is 23.8 Å². The highest BCUT2D eigenvalue weighted by atomic mass is 16.5. The summed E-state index contributed by atoms with van der Waals surface area (Å²) in [5.74, 6) is 1.43. The number of benzene rings is 1. The molecule has 1 aromatic carbocycles. The molecule has 6 nitrogen and oxygen atoms in total. The van der Waals surface area contributed by atoms with E-state index >= 15 is 0 Å². The summed E-state index contributed by atoms with van der Waals surface area (Å²) < 4.78 is 10.7. The van der Waals surface area contributed by atoms with Crippen molar-refractivity contribution in [1.82, 2.24) is 5.16 Å². The largest absolute Gasteiger partial charge is 0.494 e. The molecule has 1 aromatic heterocycles. The Bertz CT molecular complexity index is 657. The Morgan fingerprint density at radius 2 is 2.10 bits per heavy atom. The molecule has 2 aromatic rings.